The molecule has 0 aliphatic rings. The fourth-order valence-corrected chi connectivity index (χ4v) is 1.81. The summed E-state index contributed by atoms with van der Waals surface area (Å²) in [5.74, 6) is 1.47. The SMILES string of the molecule is CCOc1cc(CNC(=O)CCCNC)ccc1OC. The summed E-state index contributed by atoms with van der Waals surface area (Å²) < 4.78 is 10.7. The molecule has 1 rings (SSSR count). The van der Waals surface area contributed by atoms with Gasteiger partial charge >= 0.3 is 0 Å². The number of benzene rings is 1. The van der Waals surface area contributed by atoms with Crippen LogP contribution in [-0.2, 0) is 11.3 Å². The largest absolute Gasteiger partial charge is 0.493 e. The monoisotopic (exact) mass is 280 g/mol. The molecule has 0 radical (unpaired) electrons. The molecule has 5 heteroatoms. The van der Waals surface area contributed by atoms with E-state index in [-0.39, 0.29) is 5.91 Å². The molecule has 0 bridgehead atoms. The van der Waals surface area contributed by atoms with E-state index in [1.807, 2.05) is 32.2 Å². The van der Waals surface area contributed by atoms with E-state index in [1.165, 1.54) is 0 Å². The molecule has 0 unspecified atom stereocenters. The zero-order valence-electron chi connectivity index (χ0n) is 12.5. The van der Waals surface area contributed by atoms with Gasteiger partial charge in [0.1, 0.15) is 0 Å². The summed E-state index contributed by atoms with van der Waals surface area (Å²) >= 11 is 0. The van der Waals surface area contributed by atoms with Crippen LogP contribution in [0.25, 0.3) is 0 Å². The number of carbonyl (C=O) groups is 1. The number of hydrogen-bond acceptors (Lipinski definition) is 4. The third kappa shape index (κ3) is 5.48. The normalized spacial score (nSPS) is 10.2. The van der Waals surface area contributed by atoms with E-state index in [4.69, 9.17) is 9.47 Å². The van der Waals surface area contributed by atoms with E-state index in [1.54, 1.807) is 7.11 Å². The molecule has 0 saturated heterocycles. The Bertz CT molecular complexity index is 422. The molecule has 1 aromatic carbocycles. The Morgan fingerprint density at radius 2 is 2.10 bits per heavy atom. The first kappa shape index (κ1) is 16.3. The van der Waals surface area contributed by atoms with E-state index in [0.717, 1.165) is 18.5 Å². The standard InChI is InChI=1S/C15H24N2O3/c1-4-20-14-10-12(7-8-13(14)19-3)11-17-15(18)6-5-9-16-2/h7-8,10,16H,4-6,9,11H2,1-3H3,(H,17,18). The molecule has 2 N–H and O–H groups in total. The number of amides is 1. The number of nitrogens with one attached hydrogen (secondary N) is 2. The molecule has 1 aromatic rings. The summed E-state index contributed by atoms with van der Waals surface area (Å²) in [5.41, 5.74) is 0.996. The molecule has 0 spiro atoms. The molecule has 20 heavy (non-hydrogen) atoms. The summed E-state index contributed by atoms with van der Waals surface area (Å²) in [6.07, 6.45) is 1.38. The van der Waals surface area contributed by atoms with Crippen LogP contribution in [0.4, 0.5) is 0 Å². The Morgan fingerprint density at radius 1 is 1.30 bits per heavy atom. The van der Waals surface area contributed by atoms with Crippen LogP contribution in [0.5, 0.6) is 11.5 Å². The van der Waals surface area contributed by atoms with Gasteiger partial charge in [-0.1, -0.05) is 6.07 Å². The van der Waals surface area contributed by atoms with E-state index in [2.05, 4.69) is 10.6 Å². The van der Waals surface area contributed by atoms with E-state index >= 15 is 0 Å². The summed E-state index contributed by atoms with van der Waals surface area (Å²) in [6, 6.07) is 5.68. The number of methoxy groups -OCH3 is 1. The average Bonchev–Trinajstić information content (AvgIpc) is 2.46. The molecule has 0 aliphatic heterocycles. The van der Waals surface area contributed by atoms with E-state index in [0.29, 0.717) is 31.1 Å². The van der Waals surface area contributed by atoms with Crippen molar-refractivity contribution in [2.24, 2.45) is 0 Å². The van der Waals surface area contributed by atoms with Crippen molar-refractivity contribution in [2.45, 2.75) is 26.3 Å². The van der Waals surface area contributed by atoms with Gasteiger partial charge in [-0.2, -0.15) is 0 Å². The molecule has 112 valence electrons. The highest BCUT2D eigenvalue weighted by atomic mass is 16.5. The van der Waals surface area contributed by atoms with Crippen LogP contribution in [0.2, 0.25) is 0 Å². The van der Waals surface area contributed by atoms with Gasteiger partial charge in [-0.15, -0.1) is 0 Å². The minimum Gasteiger partial charge on any atom is -0.493 e. The van der Waals surface area contributed by atoms with Gasteiger partial charge in [-0.05, 0) is 44.6 Å². The number of carbonyl (C=O) groups excluding carboxylic acids is 1. The van der Waals surface area contributed by atoms with Gasteiger partial charge in [0, 0.05) is 13.0 Å². The summed E-state index contributed by atoms with van der Waals surface area (Å²) in [6.45, 7) is 3.86. The lowest BCUT2D eigenvalue weighted by Crippen LogP contribution is -2.23. The highest BCUT2D eigenvalue weighted by molar-refractivity contribution is 5.75. The maximum atomic E-state index is 11.6. The molecular formula is C15H24N2O3. The van der Waals surface area contributed by atoms with Crippen molar-refractivity contribution in [1.82, 2.24) is 10.6 Å². The second kappa shape index (κ2) is 9.20. The smallest absolute Gasteiger partial charge is 0.220 e. The first-order valence-electron chi connectivity index (χ1n) is 6.92. The first-order valence-corrected chi connectivity index (χ1v) is 6.92. The number of hydrogen-bond donors (Lipinski definition) is 2. The van der Waals surface area contributed by atoms with Gasteiger partial charge in [0.05, 0.1) is 13.7 Å². The van der Waals surface area contributed by atoms with Crippen LogP contribution < -0.4 is 20.1 Å². The van der Waals surface area contributed by atoms with Gasteiger partial charge in [0.2, 0.25) is 5.91 Å². The van der Waals surface area contributed by atoms with Crippen molar-refractivity contribution >= 4 is 5.91 Å². The van der Waals surface area contributed by atoms with Crippen molar-refractivity contribution < 1.29 is 14.3 Å². The second-order valence-corrected chi connectivity index (χ2v) is 4.40. The van der Waals surface area contributed by atoms with Gasteiger partial charge in [0.25, 0.3) is 0 Å². The van der Waals surface area contributed by atoms with Crippen LogP contribution in [0, 0.1) is 0 Å². The minimum absolute atomic E-state index is 0.0639. The molecule has 0 atom stereocenters. The van der Waals surface area contributed by atoms with Crippen molar-refractivity contribution in [1.29, 1.82) is 0 Å². The molecule has 1 amide bonds. The lowest BCUT2D eigenvalue weighted by atomic mass is 10.2. The highest BCUT2D eigenvalue weighted by Gasteiger charge is 2.06. The predicted molar refractivity (Wildman–Crippen MR) is 79.2 cm³/mol. The van der Waals surface area contributed by atoms with Gasteiger partial charge in [-0.25, -0.2) is 0 Å². The number of rotatable bonds is 9. The first-order chi connectivity index (χ1) is 9.71. The topological polar surface area (TPSA) is 59.6 Å². The van der Waals surface area contributed by atoms with Crippen LogP contribution in [0.15, 0.2) is 18.2 Å². The highest BCUT2D eigenvalue weighted by Crippen LogP contribution is 2.27. The Hall–Kier alpha value is -1.75. The molecule has 5 nitrogen and oxygen atoms in total. The maximum absolute atomic E-state index is 11.6. The Balaban J connectivity index is 2.51. The van der Waals surface area contributed by atoms with Crippen molar-refractivity contribution in [3.63, 3.8) is 0 Å². The number of ether oxygens (including phenoxy) is 2. The summed E-state index contributed by atoms with van der Waals surface area (Å²) in [7, 11) is 3.49. The molecule has 0 aromatic heterocycles. The minimum atomic E-state index is 0.0639. The van der Waals surface area contributed by atoms with Gasteiger partial charge in [-0.3, -0.25) is 4.79 Å². The Morgan fingerprint density at radius 3 is 2.75 bits per heavy atom. The Kier molecular flexibility index (Phi) is 7.50. The lowest BCUT2D eigenvalue weighted by Gasteiger charge is -2.11. The van der Waals surface area contributed by atoms with Gasteiger partial charge < -0.3 is 20.1 Å². The Labute approximate surface area is 120 Å². The molecule has 0 aliphatic carbocycles. The summed E-state index contributed by atoms with van der Waals surface area (Å²) in [4.78, 5) is 11.6. The second-order valence-electron chi connectivity index (χ2n) is 4.40. The van der Waals surface area contributed by atoms with Crippen molar-refractivity contribution in [3.05, 3.63) is 23.8 Å². The van der Waals surface area contributed by atoms with Gasteiger partial charge in [0.15, 0.2) is 11.5 Å². The third-order valence-electron chi connectivity index (χ3n) is 2.85. The van der Waals surface area contributed by atoms with Crippen LogP contribution in [0.3, 0.4) is 0 Å². The molecular weight excluding hydrogens is 256 g/mol. The van der Waals surface area contributed by atoms with E-state index in [9.17, 15) is 4.79 Å². The molecule has 0 saturated carbocycles. The van der Waals surface area contributed by atoms with Crippen molar-refractivity contribution in [2.75, 3.05) is 27.3 Å². The van der Waals surface area contributed by atoms with Crippen molar-refractivity contribution in [3.8, 4) is 11.5 Å². The maximum Gasteiger partial charge on any atom is 0.220 e. The van der Waals surface area contributed by atoms with Crippen LogP contribution in [-0.4, -0.2) is 33.2 Å². The van der Waals surface area contributed by atoms with Crippen LogP contribution in [0.1, 0.15) is 25.3 Å². The average molecular weight is 280 g/mol. The van der Waals surface area contributed by atoms with E-state index < -0.39 is 0 Å². The third-order valence-corrected chi connectivity index (χ3v) is 2.85. The summed E-state index contributed by atoms with van der Waals surface area (Å²) in [5, 5.41) is 5.92. The zero-order valence-corrected chi connectivity index (χ0v) is 12.5. The quantitative estimate of drug-likeness (QED) is 0.676. The zero-order chi connectivity index (χ0) is 14.8. The lowest BCUT2D eigenvalue weighted by molar-refractivity contribution is -0.121. The predicted octanol–water partition coefficient (Wildman–Crippen LogP) is 1.71. The molecule has 0 fully saturated rings. The van der Waals surface area contributed by atoms with Crippen LogP contribution >= 0.6 is 0 Å². The fraction of sp³-hybridized carbons (Fsp3) is 0.533. The fourth-order valence-electron chi connectivity index (χ4n) is 1.81. The molecule has 0 heterocycles.